The molecule has 4 heterocycles. The topological polar surface area (TPSA) is 148 Å². The number of nitrogens with one attached hydrogen (secondary N) is 3. The predicted octanol–water partition coefficient (Wildman–Crippen LogP) is 8.65. The molecule has 0 spiro atoms. The molecule has 1 unspecified atom stereocenters. The van der Waals surface area contributed by atoms with E-state index in [9.17, 15) is 14.4 Å². The standard InChI is InChI=1S/C22H23N3O4S.C17H13N3O2S/c1-22(2,3)29-21(27)25-16-8-6-5-7-13(16)11-17(25)19(26)24-20-23-15-10-9-14(28-4)12-18(15)30-20;1-22-11-6-7-13-15(9-11)23-17(19-13)20-16(21)14-8-10-4-2-3-5-12(10)18-14/h5-10,12,17H,11H2,1-4H3,(H,23,24,26);2-9,18H,1H3,(H,19,20,21). The van der Waals surface area contributed by atoms with Gasteiger partial charge in [-0.1, -0.05) is 59.1 Å². The molecule has 3 amide bonds. The van der Waals surface area contributed by atoms with Gasteiger partial charge in [0.05, 0.1) is 40.3 Å². The normalized spacial score (nSPS) is 13.7. The number of rotatable bonds is 6. The third kappa shape index (κ3) is 7.78. The highest BCUT2D eigenvalue weighted by Crippen LogP contribution is 2.35. The fourth-order valence-corrected chi connectivity index (χ4v) is 7.64. The Morgan fingerprint density at radius 2 is 1.40 bits per heavy atom. The molecule has 12 nitrogen and oxygen atoms in total. The Labute approximate surface area is 312 Å². The Morgan fingerprint density at radius 1 is 0.792 bits per heavy atom. The van der Waals surface area contributed by atoms with Crippen LogP contribution in [0, 0.1) is 0 Å². The summed E-state index contributed by atoms with van der Waals surface area (Å²) in [5, 5.41) is 7.76. The van der Waals surface area contributed by atoms with E-state index in [2.05, 4.69) is 25.6 Å². The third-order valence-corrected chi connectivity index (χ3v) is 10.2. The number of amides is 3. The lowest BCUT2D eigenvalue weighted by Crippen LogP contribution is -2.47. The number of thiazole rings is 2. The van der Waals surface area contributed by atoms with Crippen molar-refractivity contribution in [3.8, 4) is 11.5 Å². The number of anilines is 3. The van der Waals surface area contributed by atoms with E-state index >= 15 is 0 Å². The van der Waals surface area contributed by atoms with Gasteiger partial charge in [0.2, 0.25) is 5.91 Å². The number of fused-ring (bicyclic) bond motifs is 4. The first-order chi connectivity index (χ1) is 25.5. The Hall–Kier alpha value is -5.99. The summed E-state index contributed by atoms with van der Waals surface area (Å²) in [4.78, 5) is 51.9. The number of nitrogens with zero attached hydrogens (tertiary/aromatic N) is 3. The van der Waals surface area contributed by atoms with Gasteiger partial charge in [0.25, 0.3) is 5.91 Å². The average molecular weight is 749 g/mol. The first-order valence-corrected chi connectivity index (χ1v) is 18.3. The van der Waals surface area contributed by atoms with Gasteiger partial charge in [-0.2, -0.15) is 0 Å². The van der Waals surface area contributed by atoms with Gasteiger partial charge < -0.3 is 24.5 Å². The zero-order valence-electron chi connectivity index (χ0n) is 29.6. The molecule has 0 radical (unpaired) electrons. The molecule has 3 aromatic heterocycles. The van der Waals surface area contributed by atoms with Crippen LogP contribution in [-0.2, 0) is 16.0 Å². The number of carbonyl (C=O) groups is 3. The number of hydrogen-bond acceptors (Lipinski definition) is 10. The largest absolute Gasteiger partial charge is 0.497 e. The molecular formula is C39H36N6O6S2. The molecule has 3 N–H and O–H groups in total. The van der Waals surface area contributed by atoms with Crippen LogP contribution in [0.1, 0.15) is 36.8 Å². The molecule has 0 fully saturated rings. The van der Waals surface area contributed by atoms with E-state index in [4.69, 9.17) is 14.2 Å². The highest BCUT2D eigenvalue weighted by molar-refractivity contribution is 7.22. The molecular weight excluding hydrogens is 713 g/mol. The molecule has 0 saturated heterocycles. The van der Waals surface area contributed by atoms with Gasteiger partial charge in [-0.15, -0.1) is 0 Å². The molecule has 0 bridgehead atoms. The maximum atomic E-state index is 13.1. The summed E-state index contributed by atoms with van der Waals surface area (Å²) < 4.78 is 17.9. The van der Waals surface area contributed by atoms with E-state index in [0.29, 0.717) is 28.1 Å². The minimum Gasteiger partial charge on any atom is -0.497 e. The van der Waals surface area contributed by atoms with Crippen LogP contribution >= 0.6 is 22.7 Å². The summed E-state index contributed by atoms with van der Waals surface area (Å²) in [6.45, 7) is 5.41. The quantitative estimate of drug-likeness (QED) is 0.153. The van der Waals surface area contributed by atoms with E-state index in [-0.39, 0.29) is 11.8 Å². The highest BCUT2D eigenvalue weighted by Gasteiger charge is 2.40. The highest BCUT2D eigenvalue weighted by atomic mass is 32.1. The summed E-state index contributed by atoms with van der Waals surface area (Å²) in [5.41, 5.74) is 4.02. The minimum atomic E-state index is -0.709. The van der Waals surface area contributed by atoms with Crippen molar-refractivity contribution in [2.75, 3.05) is 29.8 Å². The van der Waals surface area contributed by atoms with Gasteiger partial charge in [-0.25, -0.2) is 14.8 Å². The van der Waals surface area contributed by atoms with Gasteiger partial charge in [-0.3, -0.25) is 19.8 Å². The van der Waals surface area contributed by atoms with Gasteiger partial charge in [0, 0.05) is 17.3 Å². The van der Waals surface area contributed by atoms with E-state index in [0.717, 1.165) is 48.4 Å². The summed E-state index contributed by atoms with van der Waals surface area (Å²) in [6, 6.07) is 27.6. The number of aromatic nitrogens is 3. The van der Waals surface area contributed by atoms with E-state index in [1.54, 1.807) is 35.0 Å². The fraction of sp³-hybridized carbons (Fsp3) is 0.205. The molecule has 0 saturated carbocycles. The third-order valence-electron chi connectivity index (χ3n) is 8.29. The zero-order valence-corrected chi connectivity index (χ0v) is 31.2. The van der Waals surface area contributed by atoms with Gasteiger partial charge in [-0.05, 0) is 80.9 Å². The molecule has 53 heavy (non-hydrogen) atoms. The first-order valence-electron chi connectivity index (χ1n) is 16.7. The van der Waals surface area contributed by atoms with Crippen molar-refractivity contribution in [1.29, 1.82) is 0 Å². The first kappa shape index (κ1) is 35.4. The number of H-pyrrole nitrogens is 1. The molecule has 0 aliphatic carbocycles. The SMILES string of the molecule is COc1ccc2nc(NC(=O)C3Cc4ccccc4N3C(=O)OC(C)(C)C)sc2c1.COc1ccc2nc(NC(=O)c3cc4ccccc4[nH]3)sc2c1. The summed E-state index contributed by atoms with van der Waals surface area (Å²) in [6.07, 6.45) is -0.124. The van der Waals surface area contributed by atoms with Gasteiger partial charge in [0.15, 0.2) is 10.3 Å². The smallest absolute Gasteiger partial charge is 0.415 e. The Bertz CT molecular complexity index is 2450. The second kappa shape index (κ2) is 14.6. The Balaban J connectivity index is 0.000000170. The molecule has 1 atom stereocenters. The monoisotopic (exact) mass is 748 g/mol. The van der Waals surface area contributed by atoms with Crippen LogP contribution in [0.2, 0.25) is 0 Å². The fourth-order valence-electron chi connectivity index (χ4n) is 5.85. The molecule has 1 aliphatic heterocycles. The van der Waals surface area contributed by atoms with Crippen LogP contribution in [0.3, 0.4) is 0 Å². The number of methoxy groups -OCH3 is 2. The van der Waals surface area contributed by atoms with Crippen molar-refractivity contribution in [3.63, 3.8) is 0 Å². The summed E-state index contributed by atoms with van der Waals surface area (Å²) in [5.74, 6) is 0.997. The number of aromatic amines is 1. The second-order valence-electron chi connectivity index (χ2n) is 13.1. The molecule has 270 valence electrons. The van der Waals surface area contributed by atoms with Gasteiger partial charge >= 0.3 is 6.09 Å². The van der Waals surface area contributed by atoms with E-state index < -0.39 is 17.7 Å². The number of para-hydroxylation sites is 2. The Morgan fingerprint density at radius 3 is 2.02 bits per heavy atom. The van der Waals surface area contributed by atoms with Crippen molar-refractivity contribution in [2.45, 2.75) is 38.8 Å². The van der Waals surface area contributed by atoms with E-state index in [1.807, 2.05) is 91.0 Å². The zero-order chi connectivity index (χ0) is 37.3. The lowest BCUT2D eigenvalue weighted by molar-refractivity contribution is -0.117. The maximum Gasteiger partial charge on any atom is 0.415 e. The molecule has 7 aromatic rings. The van der Waals surface area contributed by atoms with Crippen LogP contribution < -0.4 is 25.0 Å². The van der Waals surface area contributed by atoms with Crippen molar-refractivity contribution < 1.29 is 28.6 Å². The summed E-state index contributed by atoms with van der Waals surface area (Å²) in [7, 11) is 3.23. The number of benzene rings is 4. The van der Waals surface area contributed by atoms with Crippen molar-refractivity contribution in [3.05, 3.63) is 102 Å². The van der Waals surface area contributed by atoms with E-state index in [1.165, 1.54) is 27.6 Å². The average Bonchev–Trinajstić information content (AvgIpc) is 3.93. The van der Waals surface area contributed by atoms with Crippen LogP contribution in [0.4, 0.5) is 20.7 Å². The second-order valence-corrected chi connectivity index (χ2v) is 15.2. The molecule has 14 heteroatoms. The predicted molar refractivity (Wildman–Crippen MR) is 210 cm³/mol. The number of hydrogen-bond donors (Lipinski definition) is 3. The number of ether oxygens (including phenoxy) is 3. The minimum absolute atomic E-state index is 0.202. The van der Waals surface area contributed by atoms with Crippen LogP contribution in [0.15, 0.2) is 91.0 Å². The lowest BCUT2D eigenvalue weighted by atomic mass is 10.1. The van der Waals surface area contributed by atoms with Crippen LogP contribution in [-0.4, -0.2) is 58.7 Å². The van der Waals surface area contributed by atoms with Crippen molar-refractivity contribution >= 4 is 87.9 Å². The maximum absolute atomic E-state index is 13.1. The molecule has 1 aliphatic rings. The summed E-state index contributed by atoms with van der Waals surface area (Å²) >= 11 is 2.78. The van der Waals surface area contributed by atoms with Crippen molar-refractivity contribution in [2.24, 2.45) is 0 Å². The Kier molecular flexibility index (Phi) is 9.73. The number of carbonyl (C=O) groups excluding carboxylic acids is 3. The molecule has 4 aromatic carbocycles. The van der Waals surface area contributed by atoms with Crippen LogP contribution in [0.5, 0.6) is 11.5 Å². The molecule has 8 rings (SSSR count). The van der Waals surface area contributed by atoms with Crippen LogP contribution in [0.25, 0.3) is 31.3 Å². The van der Waals surface area contributed by atoms with Gasteiger partial charge in [0.1, 0.15) is 28.8 Å². The van der Waals surface area contributed by atoms with Crippen molar-refractivity contribution in [1.82, 2.24) is 15.0 Å². The lowest BCUT2D eigenvalue weighted by Gasteiger charge is -2.28.